The number of nitrogens with one attached hydrogen (secondary N) is 1. The predicted octanol–water partition coefficient (Wildman–Crippen LogP) is 3.70. The Kier molecular flexibility index (Phi) is 6.08. The standard InChI is InChI=1S/C17H26N2O2/c1-4-8-18-11-17-14(3)10-16(21-17)13-19(5-2)12-15-7-6-9-20-15/h6-7,9-10,18H,4-5,8,11-13H2,1-3H3. The molecule has 0 fully saturated rings. The lowest BCUT2D eigenvalue weighted by Gasteiger charge is -2.17. The minimum absolute atomic E-state index is 0.810. The quantitative estimate of drug-likeness (QED) is 0.715. The zero-order valence-corrected chi connectivity index (χ0v) is 13.3. The van der Waals surface area contributed by atoms with Gasteiger partial charge in [0.1, 0.15) is 17.3 Å². The second-order valence-electron chi connectivity index (χ2n) is 5.38. The lowest BCUT2D eigenvalue weighted by atomic mass is 10.2. The molecule has 0 unspecified atom stereocenters. The van der Waals surface area contributed by atoms with Gasteiger partial charge in [-0.15, -0.1) is 0 Å². The summed E-state index contributed by atoms with van der Waals surface area (Å²) in [7, 11) is 0. The van der Waals surface area contributed by atoms with E-state index in [2.05, 4.69) is 37.1 Å². The molecule has 2 rings (SSSR count). The molecule has 0 saturated carbocycles. The van der Waals surface area contributed by atoms with Crippen molar-refractivity contribution in [2.75, 3.05) is 13.1 Å². The lowest BCUT2D eigenvalue weighted by molar-refractivity contribution is 0.226. The zero-order valence-electron chi connectivity index (χ0n) is 13.3. The maximum Gasteiger partial charge on any atom is 0.120 e. The van der Waals surface area contributed by atoms with Gasteiger partial charge in [-0.1, -0.05) is 13.8 Å². The van der Waals surface area contributed by atoms with Gasteiger partial charge in [0.15, 0.2) is 0 Å². The van der Waals surface area contributed by atoms with E-state index >= 15 is 0 Å². The van der Waals surface area contributed by atoms with Gasteiger partial charge in [0.2, 0.25) is 0 Å². The van der Waals surface area contributed by atoms with E-state index in [0.717, 1.165) is 56.4 Å². The molecule has 0 bridgehead atoms. The highest BCUT2D eigenvalue weighted by atomic mass is 16.3. The van der Waals surface area contributed by atoms with Crippen LogP contribution in [0.3, 0.4) is 0 Å². The van der Waals surface area contributed by atoms with E-state index < -0.39 is 0 Å². The third-order valence-electron chi connectivity index (χ3n) is 3.57. The molecule has 0 atom stereocenters. The van der Waals surface area contributed by atoms with E-state index in [0.29, 0.717) is 0 Å². The third kappa shape index (κ3) is 4.76. The second-order valence-corrected chi connectivity index (χ2v) is 5.38. The molecule has 2 aromatic rings. The fraction of sp³-hybridized carbons (Fsp3) is 0.529. The Bertz CT molecular complexity index is 517. The van der Waals surface area contributed by atoms with Gasteiger partial charge in [-0.2, -0.15) is 0 Å². The van der Waals surface area contributed by atoms with E-state index in [9.17, 15) is 0 Å². The molecule has 0 radical (unpaired) electrons. The van der Waals surface area contributed by atoms with Crippen LogP contribution in [0.2, 0.25) is 0 Å². The summed E-state index contributed by atoms with van der Waals surface area (Å²) < 4.78 is 11.4. The summed E-state index contributed by atoms with van der Waals surface area (Å²) in [5, 5.41) is 3.39. The summed E-state index contributed by atoms with van der Waals surface area (Å²) in [6.45, 7) is 10.9. The molecule has 0 aliphatic carbocycles. The molecule has 0 spiro atoms. The average Bonchev–Trinajstić information content (AvgIpc) is 3.09. The molecule has 0 saturated heterocycles. The second kappa shape index (κ2) is 8.05. The van der Waals surface area contributed by atoms with Gasteiger partial charge in [0.25, 0.3) is 0 Å². The van der Waals surface area contributed by atoms with Crippen molar-refractivity contribution in [2.24, 2.45) is 0 Å². The Balaban J connectivity index is 1.92. The van der Waals surface area contributed by atoms with Crippen molar-refractivity contribution >= 4 is 0 Å². The van der Waals surface area contributed by atoms with Crippen LogP contribution in [-0.2, 0) is 19.6 Å². The third-order valence-corrected chi connectivity index (χ3v) is 3.57. The first-order chi connectivity index (χ1) is 10.2. The predicted molar refractivity (Wildman–Crippen MR) is 83.9 cm³/mol. The van der Waals surface area contributed by atoms with Crippen molar-refractivity contribution in [1.82, 2.24) is 10.2 Å². The van der Waals surface area contributed by atoms with Gasteiger partial charge in [-0.3, -0.25) is 4.90 Å². The fourth-order valence-electron chi connectivity index (χ4n) is 2.35. The Morgan fingerprint density at radius 2 is 2.00 bits per heavy atom. The molecule has 0 aliphatic heterocycles. The Morgan fingerprint density at radius 1 is 1.19 bits per heavy atom. The molecule has 21 heavy (non-hydrogen) atoms. The first-order valence-electron chi connectivity index (χ1n) is 7.76. The minimum Gasteiger partial charge on any atom is -0.468 e. The van der Waals surface area contributed by atoms with Crippen molar-refractivity contribution in [2.45, 2.75) is 46.8 Å². The zero-order chi connectivity index (χ0) is 15.1. The summed E-state index contributed by atoms with van der Waals surface area (Å²) in [6, 6.07) is 6.08. The monoisotopic (exact) mass is 290 g/mol. The number of rotatable bonds is 9. The molecule has 2 heterocycles. The van der Waals surface area contributed by atoms with Crippen molar-refractivity contribution in [3.05, 3.63) is 47.3 Å². The Labute approximate surface area is 127 Å². The molecule has 2 aromatic heterocycles. The van der Waals surface area contributed by atoms with Crippen molar-refractivity contribution in [3.8, 4) is 0 Å². The van der Waals surface area contributed by atoms with Crippen LogP contribution in [0.4, 0.5) is 0 Å². The molecule has 0 aliphatic rings. The molecule has 0 amide bonds. The average molecular weight is 290 g/mol. The lowest BCUT2D eigenvalue weighted by Crippen LogP contribution is -2.21. The maximum absolute atomic E-state index is 5.98. The van der Waals surface area contributed by atoms with E-state index in [4.69, 9.17) is 8.83 Å². The molecular weight excluding hydrogens is 264 g/mol. The van der Waals surface area contributed by atoms with Gasteiger partial charge >= 0.3 is 0 Å². The van der Waals surface area contributed by atoms with E-state index in [-0.39, 0.29) is 0 Å². The van der Waals surface area contributed by atoms with Crippen LogP contribution in [-0.4, -0.2) is 18.0 Å². The maximum atomic E-state index is 5.98. The van der Waals surface area contributed by atoms with E-state index in [1.807, 2.05) is 12.1 Å². The molecule has 4 heteroatoms. The summed E-state index contributed by atoms with van der Waals surface area (Å²) in [5.74, 6) is 3.06. The van der Waals surface area contributed by atoms with Crippen LogP contribution in [0, 0.1) is 6.92 Å². The van der Waals surface area contributed by atoms with Crippen LogP contribution in [0.5, 0.6) is 0 Å². The highest BCUT2D eigenvalue weighted by Gasteiger charge is 2.12. The smallest absolute Gasteiger partial charge is 0.120 e. The fourth-order valence-corrected chi connectivity index (χ4v) is 2.35. The highest BCUT2D eigenvalue weighted by molar-refractivity contribution is 5.20. The van der Waals surface area contributed by atoms with Crippen molar-refractivity contribution in [3.63, 3.8) is 0 Å². The van der Waals surface area contributed by atoms with Crippen LogP contribution < -0.4 is 5.32 Å². The van der Waals surface area contributed by atoms with Crippen LogP contribution in [0.1, 0.15) is 43.1 Å². The number of nitrogens with zero attached hydrogens (tertiary/aromatic N) is 1. The Morgan fingerprint density at radius 3 is 2.67 bits per heavy atom. The molecule has 0 aromatic carbocycles. The summed E-state index contributed by atoms with van der Waals surface area (Å²) in [6.07, 6.45) is 2.86. The van der Waals surface area contributed by atoms with Gasteiger partial charge in [-0.05, 0) is 50.2 Å². The molecule has 1 N–H and O–H groups in total. The number of hydrogen-bond donors (Lipinski definition) is 1. The van der Waals surface area contributed by atoms with E-state index in [1.165, 1.54) is 5.56 Å². The van der Waals surface area contributed by atoms with Gasteiger partial charge in [-0.25, -0.2) is 0 Å². The normalized spacial score (nSPS) is 11.4. The number of aryl methyl sites for hydroxylation is 1. The first kappa shape index (κ1) is 15.9. The SMILES string of the molecule is CCCNCc1oc(CN(CC)Cc2ccco2)cc1C. The van der Waals surface area contributed by atoms with Gasteiger partial charge in [0, 0.05) is 0 Å². The Hall–Kier alpha value is -1.52. The summed E-state index contributed by atoms with van der Waals surface area (Å²) >= 11 is 0. The summed E-state index contributed by atoms with van der Waals surface area (Å²) in [5.41, 5.74) is 1.22. The van der Waals surface area contributed by atoms with Gasteiger partial charge < -0.3 is 14.2 Å². The molecular formula is C17H26N2O2. The molecule has 116 valence electrons. The van der Waals surface area contributed by atoms with Gasteiger partial charge in [0.05, 0.1) is 25.9 Å². The highest BCUT2D eigenvalue weighted by Crippen LogP contribution is 2.17. The summed E-state index contributed by atoms with van der Waals surface area (Å²) in [4.78, 5) is 2.31. The van der Waals surface area contributed by atoms with Crippen molar-refractivity contribution < 1.29 is 8.83 Å². The number of furan rings is 2. The van der Waals surface area contributed by atoms with Crippen LogP contribution in [0.15, 0.2) is 33.3 Å². The van der Waals surface area contributed by atoms with Crippen molar-refractivity contribution in [1.29, 1.82) is 0 Å². The van der Waals surface area contributed by atoms with Crippen LogP contribution >= 0.6 is 0 Å². The van der Waals surface area contributed by atoms with E-state index in [1.54, 1.807) is 6.26 Å². The van der Waals surface area contributed by atoms with Crippen LogP contribution in [0.25, 0.3) is 0 Å². The first-order valence-corrected chi connectivity index (χ1v) is 7.76. The number of hydrogen-bond acceptors (Lipinski definition) is 4. The molecule has 4 nitrogen and oxygen atoms in total. The topological polar surface area (TPSA) is 41.6 Å². The minimum atomic E-state index is 0.810. The largest absolute Gasteiger partial charge is 0.468 e.